The van der Waals surface area contributed by atoms with Crippen LogP contribution in [0, 0.1) is 6.85 Å². The Bertz CT molecular complexity index is 2590. The van der Waals surface area contributed by atoms with E-state index in [1.807, 2.05) is 0 Å². The monoisotopic (exact) mass is 476 g/mol. The molecule has 0 spiro atoms. The molecule has 170 valence electrons. The van der Waals surface area contributed by atoms with Crippen molar-refractivity contribution < 1.29 is 21.9 Å². The molecule has 2 nitrogen and oxygen atoms in total. The summed E-state index contributed by atoms with van der Waals surface area (Å²) in [7, 11) is 0. The molecule has 0 aliphatic rings. The van der Waals surface area contributed by atoms with Crippen molar-refractivity contribution in [1.82, 2.24) is 9.55 Å². The van der Waals surface area contributed by atoms with Gasteiger partial charge in [0.2, 0.25) is 0 Å². The van der Waals surface area contributed by atoms with Gasteiger partial charge >= 0.3 is 0 Å². The highest BCUT2D eigenvalue weighted by atomic mass is 15.1. The summed E-state index contributed by atoms with van der Waals surface area (Å²) in [6.45, 7) is -2.88. The van der Waals surface area contributed by atoms with Crippen LogP contribution in [-0.2, 0) is 0 Å². The Balaban J connectivity index is 1.73. The van der Waals surface area contributed by atoms with E-state index in [1.54, 1.807) is 24.3 Å². The largest absolute Gasteiger partial charge is 0.295 e. The van der Waals surface area contributed by atoms with Crippen LogP contribution in [0.15, 0.2) is 127 Å². The number of benzene rings is 6. The first-order valence-electron chi connectivity index (χ1n) is 19.0. The molecule has 0 aliphatic heterocycles. The first-order chi connectivity index (χ1) is 24.4. The molecule has 1 heterocycles. The molecule has 0 saturated carbocycles. The fraction of sp³-hybridized carbons (Fsp3) is 0.0294. The quantitative estimate of drug-likeness (QED) is 0.233. The second-order valence-electron chi connectivity index (χ2n) is 8.06. The van der Waals surface area contributed by atoms with Gasteiger partial charge in [-0.05, 0) is 52.0 Å². The molecule has 0 unspecified atom stereocenters. The molecule has 7 rings (SSSR count). The van der Waals surface area contributed by atoms with Gasteiger partial charge in [0.1, 0.15) is 5.82 Å². The third kappa shape index (κ3) is 3.15. The van der Waals surface area contributed by atoms with Gasteiger partial charge in [-0.3, -0.25) is 4.57 Å². The molecule has 0 bridgehead atoms. The summed E-state index contributed by atoms with van der Waals surface area (Å²) in [6.07, 6.45) is 0. The van der Waals surface area contributed by atoms with Crippen LogP contribution >= 0.6 is 0 Å². The fourth-order valence-corrected chi connectivity index (χ4v) is 4.57. The standard InChI is InChI=1S/C34H24N2/c1-23-35-31-17-9-10-18-32(31)36(23)34-29-15-7-5-13-27(29)33(28-14-6-8-16-30(28)34)26-21-19-25(20-22-26)24-11-3-2-4-12-24/h2-22H,1H3/i1D3,2D,3D,4D,5D,6D,7D,8D,11D,12D,13D,14D,15D,16D. The summed E-state index contributed by atoms with van der Waals surface area (Å²) in [5, 5.41) is -0.768. The molecule has 2 heteroatoms. The van der Waals surface area contributed by atoms with Crippen molar-refractivity contribution >= 4 is 32.6 Å². The molecule has 0 fully saturated rings. The molecule has 1 aromatic heterocycles. The number of hydrogen-bond donors (Lipinski definition) is 0. The van der Waals surface area contributed by atoms with Crippen LogP contribution in [0.4, 0.5) is 0 Å². The summed E-state index contributed by atoms with van der Waals surface area (Å²) in [6, 6.07) is 4.73. The SMILES string of the molecule is [2H]c1c([2H])c([2H])c(-c2ccc(-c3c4c([2H])c([2H])c([2H])c([2H])c4c(-n4c(C([2H])([2H])[2H])nc5ccccc54)c4c([2H])c([2H])c([2H])c([2H])c34)cc2)c([2H])c1[2H]. The summed E-state index contributed by atoms with van der Waals surface area (Å²) in [5.74, 6) is -0.494. The van der Waals surface area contributed by atoms with Crippen LogP contribution in [0.5, 0.6) is 0 Å². The third-order valence-electron chi connectivity index (χ3n) is 6.10. The van der Waals surface area contributed by atoms with Crippen molar-refractivity contribution in [2.45, 2.75) is 6.85 Å². The molecule has 0 N–H and O–H groups in total. The van der Waals surface area contributed by atoms with Gasteiger partial charge in [0.15, 0.2) is 0 Å². The van der Waals surface area contributed by atoms with E-state index in [1.165, 1.54) is 28.8 Å². The maximum absolute atomic E-state index is 9.16. The smallest absolute Gasteiger partial charge is 0.111 e. The normalized spacial score (nSPS) is 18.1. The molecule has 6 aromatic carbocycles. The Morgan fingerprint density at radius 3 is 1.86 bits per heavy atom. The average Bonchev–Trinajstić information content (AvgIpc) is 3.52. The zero-order chi connectivity index (χ0) is 37.9. The van der Waals surface area contributed by atoms with Crippen LogP contribution in [-0.4, -0.2) is 9.55 Å². The van der Waals surface area contributed by atoms with Crippen molar-refractivity contribution in [1.29, 1.82) is 0 Å². The highest BCUT2D eigenvalue weighted by Crippen LogP contribution is 2.42. The lowest BCUT2D eigenvalue weighted by molar-refractivity contribution is 1.02. The van der Waals surface area contributed by atoms with E-state index in [0.717, 1.165) is 0 Å². The minimum absolute atomic E-state index is 0.0137. The van der Waals surface area contributed by atoms with Gasteiger partial charge in [-0.15, -0.1) is 0 Å². The lowest BCUT2D eigenvalue weighted by Crippen LogP contribution is -2.01. The van der Waals surface area contributed by atoms with E-state index in [-0.39, 0.29) is 60.5 Å². The van der Waals surface area contributed by atoms with Gasteiger partial charge in [0, 0.05) is 14.9 Å². The number of nitrogens with zero attached hydrogens (tertiary/aromatic N) is 2. The van der Waals surface area contributed by atoms with Crippen molar-refractivity contribution in [2.24, 2.45) is 0 Å². The Morgan fingerprint density at radius 2 is 1.19 bits per heavy atom. The molecular weight excluding hydrogens is 436 g/mol. The van der Waals surface area contributed by atoms with Crippen LogP contribution in [0.1, 0.15) is 27.8 Å². The van der Waals surface area contributed by atoms with Gasteiger partial charge in [0.25, 0.3) is 0 Å². The highest BCUT2D eigenvalue weighted by Gasteiger charge is 2.19. The minimum Gasteiger partial charge on any atom is -0.295 e. The van der Waals surface area contributed by atoms with E-state index in [2.05, 4.69) is 4.98 Å². The predicted octanol–water partition coefficient (Wildman–Crippen LogP) is 8.97. The Kier molecular flexibility index (Phi) is 2.31. The number of aryl methyl sites for hydroxylation is 1. The molecule has 0 amide bonds. The van der Waals surface area contributed by atoms with E-state index >= 15 is 0 Å². The molecule has 0 saturated heterocycles. The van der Waals surface area contributed by atoms with Crippen LogP contribution in [0.3, 0.4) is 0 Å². The van der Waals surface area contributed by atoms with Crippen molar-refractivity contribution in [3.63, 3.8) is 0 Å². The van der Waals surface area contributed by atoms with E-state index in [0.29, 0.717) is 0 Å². The lowest BCUT2D eigenvalue weighted by Gasteiger charge is -2.19. The van der Waals surface area contributed by atoms with Crippen LogP contribution < -0.4 is 0 Å². The summed E-state index contributed by atoms with van der Waals surface area (Å²) in [4.78, 5) is 4.36. The first kappa shape index (κ1) is 10.1. The van der Waals surface area contributed by atoms with Crippen LogP contribution in [0.2, 0.25) is 0 Å². The number of rotatable bonds is 3. The number of aromatic nitrogens is 2. The van der Waals surface area contributed by atoms with E-state index in [9.17, 15) is 0 Å². The minimum atomic E-state index is -2.88. The van der Waals surface area contributed by atoms with E-state index < -0.39 is 91.2 Å². The first-order valence-corrected chi connectivity index (χ1v) is 11.0. The lowest BCUT2D eigenvalue weighted by atomic mass is 9.89. The maximum Gasteiger partial charge on any atom is 0.111 e. The Morgan fingerprint density at radius 1 is 0.611 bits per heavy atom. The van der Waals surface area contributed by atoms with Crippen molar-refractivity contribution in [3.05, 3.63) is 133 Å². The summed E-state index contributed by atoms with van der Waals surface area (Å²) < 4.78 is 138. The number of fused-ring (bicyclic) bond motifs is 3. The van der Waals surface area contributed by atoms with E-state index in [4.69, 9.17) is 21.9 Å². The second kappa shape index (κ2) is 8.21. The Hall–Kier alpha value is -4.69. The van der Waals surface area contributed by atoms with Gasteiger partial charge in [-0.2, -0.15) is 0 Å². The number of para-hydroxylation sites is 2. The zero-order valence-electron chi connectivity index (χ0n) is 34.5. The second-order valence-corrected chi connectivity index (χ2v) is 8.06. The highest BCUT2D eigenvalue weighted by molar-refractivity contribution is 6.18. The van der Waals surface area contributed by atoms with Crippen LogP contribution in [0.25, 0.3) is 60.5 Å². The fourth-order valence-electron chi connectivity index (χ4n) is 4.57. The summed E-state index contributed by atoms with van der Waals surface area (Å²) >= 11 is 0. The van der Waals surface area contributed by atoms with Gasteiger partial charge in [0.05, 0.1) is 34.5 Å². The van der Waals surface area contributed by atoms with Gasteiger partial charge < -0.3 is 0 Å². The molecule has 36 heavy (non-hydrogen) atoms. The topological polar surface area (TPSA) is 17.8 Å². The summed E-state index contributed by atoms with van der Waals surface area (Å²) in [5.41, 5.74) is 0.552. The molecule has 0 radical (unpaired) electrons. The number of hydrogen-bond acceptors (Lipinski definition) is 1. The van der Waals surface area contributed by atoms with Crippen molar-refractivity contribution in [3.8, 4) is 27.9 Å². The van der Waals surface area contributed by atoms with Crippen molar-refractivity contribution in [2.75, 3.05) is 0 Å². The molecule has 0 atom stereocenters. The Labute approximate surface area is 232 Å². The maximum atomic E-state index is 9.16. The third-order valence-corrected chi connectivity index (χ3v) is 6.10. The van der Waals surface area contributed by atoms with Gasteiger partial charge in [-0.1, -0.05) is 115 Å². The predicted molar refractivity (Wildman–Crippen MR) is 152 cm³/mol. The molecular formula is C34H24N2. The zero-order valence-corrected chi connectivity index (χ0v) is 18.5. The average molecular weight is 477 g/mol. The molecule has 7 aromatic rings. The van der Waals surface area contributed by atoms with Gasteiger partial charge in [-0.25, -0.2) is 4.98 Å². The molecule has 0 aliphatic carbocycles. The number of imidazole rings is 1.